The fourth-order valence-corrected chi connectivity index (χ4v) is 2.62. The number of hydrogen-bond donors (Lipinski definition) is 1. The molecule has 0 aromatic heterocycles. The Morgan fingerprint density at radius 2 is 2.17 bits per heavy atom. The van der Waals surface area contributed by atoms with Crippen molar-refractivity contribution in [2.45, 2.75) is 32.6 Å². The van der Waals surface area contributed by atoms with Crippen LogP contribution < -0.4 is 4.90 Å². The Kier molecular flexibility index (Phi) is 4.24. The second-order valence-corrected chi connectivity index (χ2v) is 5.02. The molecule has 0 amide bonds. The van der Waals surface area contributed by atoms with E-state index in [0.29, 0.717) is 13.0 Å². The molecule has 1 unspecified atom stereocenters. The minimum atomic E-state index is -0.676. The van der Waals surface area contributed by atoms with Gasteiger partial charge in [-0.05, 0) is 24.5 Å². The summed E-state index contributed by atoms with van der Waals surface area (Å²) in [6.45, 7) is 3.80. The van der Waals surface area contributed by atoms with Gasteiger partial charge in [0.05, 0.1) is 5.92 Å². The van der Waals surface area contributed by atoms with E-state index in [4.69, 9.17) is 0 Å². The first-order valence-corrected chi connectivity index (χ1v) is 6.78. The quantitative estimate of drug-likeness (QED) is 0.813. The zero-order valence-electron chi connectivity index (χ0n) is 10.9. The summed E-state index contributed by atoms with van der Waals surface area (Å²) >= 11 is 0. The Hall–Kier alpha value is -1.51. The van der Waals surface area contributed by atoms with Crippen molar-refractivity contribution in [1.82, 2.24) is 0 Å². The molecule has 1 N–H and O–H groups in total. The number of benzene rings is 1. The largest absolute Gasteiger partial charge is 0.481 e. The van der Waals surface area contributed by atoms with Crippen molar-refractivity contribution in [1.29, 1.82) is 0 Å². The average molecular weight is 247 g/mol. The summed E-state index contributed by atoms with van der Waals surface area (Å²) in [4.78, 5) is 13.5. The van der Waals surface area contributed by atoms with Crippen LogP contribution in [0.2, 0.25) is 0 Å². The molecule has 3 heteroatoms. The standard InChI is InChI=1S/C15H21NO2/c1-2-3-6-9-16-11-13(15(17)18)10-12-7-4-5-8-14(12)16/h4-5,7-8,13H,2-3,6,9-11H2,1H3,(H,17,18). The van der Waals surface area contributed by atoms with Crippen molar-refractivity contribution < 1.29 is 9.90 Å². The first-order chi connectivity index (χ1) is 8.72. The van der Waals surface area contributed by atoms with Crippen molar-refractivity contribution in [2.24, 2.45) is 5.92 Å². The van der Waals surface area contributed by atoms with Gasteiger partial charge in [0.2, 0.25) is 0 Å². The molecule has 0 radical (unpaired) electrons. The van der Waals surface area contributed by atoms with Crippen molar-refractivity contribution in [2.75, 3.05) is 18.0 Å². The van der Waals surface area contributed by atoms with Gasteiger partial charge in [0.25, 0.3) is 0 Å². The summed E-state index contributed by atoms with van der Waals surface area (Å²) in [6.07, 6.45) is 4.20. The van der Waals surface area contributed by atoms with Crippen LogP contribution in [0.15, 0.2) is 24.3 Å². The number of rotatable bonds is 5. The molecule has 2 rings (SSSR count). The maximum Gasteiger partial charge on any atom is 0.308 e. The normalized spacial score (nSPS) is 18.5. The van der Waals surface area contributed by atoms with Crippen molar-refractivity contribution in [3.05, 3.63) is 29.8 Å². The molecule has 0 saturated heterocycles. The smallest absolute Gasteiger partial charge is 0.308 e. The lowest BCUT2D eigenvalue weighted by Gasteiger charge is -2.34. The van der Waals surface area contributed by atoms with E-state index in [9.17, 15) is 9.90 Å². The van der Waals surface area contributed by atoms with Crippen LogP contribution in [0.5, 0.6) is 0 Å². The number of para-hydroxylation sites is 1. The van der Waals surface area contributed by atoms with Crippen molar-refractivity contribution in [3.8, 4) is 0 Å². The highest BCUT2D eigenvalue weighted by Gasteiger charge is 2.28. The molecule has 1 aromatic carbocycles. The Labute approximate surface area is 108 Å². The Bertz CT molecular complexity index is 417. The second kappa shape index (κ2) is 5.89. The maximum absolute atomic E-state index is 11.2. The number of unbranched alkanes of at least 4 members (excludes halogenated alkanes) is 2. The zero-order valence-corrected chi connectivity index (χ0v) is 10.9. The van der Waals surface area contributed by atoms with E-state index in [1.165, 1.54) is 24.1 Å². The minimum Gasteiger partial charge on any atom is -0.481 e. The van der Waals surface area contributed by atoms with Crippen LogP contribution in [0.25, 0.3) is 0 Å². The van der Waals surface area contributed by atoms with Gasteiger partial charge in [-0.3, -0.25) is 4.79 Å². The van der Waals surface area contributed by atoms with E-state index < -0.39 is 5.97 Å². The zero-order chi connectivity index (χ0) is 13.0. The SMILES string of the molecule is CCCCCN1CC(C(=O)O)Cc2ccccc21. The third-order valence-electron chi connectivity index (χ3n) is 3.62. The van der Waals surface area contributed by atoms with Gasteiger partial charge < -0.3 is 10.0 Å². The molecular formula is C15H21NO2. The predicted octanol–water partition coefficient (Wildman–Crippen LogP) is 2.94. The molecule has 0 fully saturated rings. The van der Waals surface area contributed by atoms with Crippen molar-refractivity contribution >= 4 is 11.7 Å². The van der Waals surface area contributed by atoms with E-state index in [1.54, 1.807) is 0 Å². The van der Waals surface area contributed by atoms with Crippen molar-refractivity contribution in [3.63, 3.8) is 0 Å². The summed E-state index contributed by atoms with van der Waals surface area (Å²) in [5.41, 5.74) is 2.40. The van der Waals surface area contributed by atoms with Crippen LogP contribution in [-0.2, 0) is 11.2 Å². The summed E-state index contributed by atoms with van der Waals surface area (Å²) in [6, 6.07) is 8.19. The molecular weight excluding hydrogens is 226 g/mol. The van der Waals surface area contributed by atoms with Gasteiger partial charge in [-0.1, -0.05) is 38.0 Å². The highest BCUT2D eigenvalue weighted by molar-refractivity contribution is 5.73. The molecule has 0 aliphatic carbocycles. The van der Waals surface area contributed by atoms with E-state index in [-0.39, 0.29) is 5.92 Å². The molecule has 18 heavy (non-hydrogen) atoms. The van der Waals surface area contributed by atoms with Gasteiger partial charge >= 0.3 is 5.97 Å². The van der Waals surface area contributed by atoms with E-state index in [1.807, 2.05) is 12.1 Å². The lowest BCUT2D eigenvalue weighted by Crippen LogP contribution is -2.39. The average Bonchev–Trinajstić information content (AvgIpc) is 2.38. The molecule has 1 aliphatic rings. The van der Waals surface area contributed by atoms with Crippen LogP contribution in [-0.4, -0.2) is 24.2 Å². The van der Waals surface area contributed by atoms with Crippen LogP contribution in [0, 0.1) is 5.92 Å². The van der Waals surface area contributed by atoms with Crippen LogP contribution in [0.4, 0.5) is 5.69 Å². The third kappa shape index (κ3) is 2.84. The molecule has 0 saturated carbocycles. The first kappa shape index (κ1) is 12.9. The van der Waals surface area contributed by atoms with Crippen LogP contribution >= 0.6 is 0 Å². The van der Waals surface area contributed by atoms with E-state index in [0.717, 1.165) is 13.0 Å². The minimum absolute atomic E-state index is 0.262. The Morgan fingerprint density at radius 1 is 1.39 bits per heavy atom. The van der Waals surface area contributed by atoms with Gasteiger partial charge in [0.1, 0.15) is 0 Å². The Morgan fingerprint density at radius 3 is 2.89 bits per heavy atom. The molecule has 3 nitrogen and oxygen atoms in total. The third-order valence-corrected chi connectivity index (χ3v) is 3.62. The molecule has 1 heterocycles. The number of carbonyl (C=O) groups is 1. The van der Waals surface area contributed by atoms with Gasteiger partial charge in [-0.25, -0.2) is 0 Å². The topological polar surface area (TPSA) is 40.5 Å². The fourth-order valence-electron chi connectivity index (χ4n) is 2.62. The fraction of sp³-hybridized carbons (Fsp3) is 0.533. The lowest BCUT2D eigenvalue weighted by molar-refractivity contribution is -0.141. The number of fused-ring (bicyclic) bond motifs is 1. The summed E-state index contributed by atoms with van der Waals surface area (Å²) < 4.78 is 0. The van der Waals surface area contributed by atoms with E-state index in [2.05, 4.69) is 24.0 Å². The van der Waals surface area contributed by atoms with E-state index >= 15 is 0 Å². The van der Waals surface area contributed by atoms with Gasteiger partial charge in [0, 0.05) is 18.8 Å². The Balaban J connectivity index is 2.14. The number of hydrogen-bond acceptors (Lipinski definition) is 2. The second-order valence-electron chi connectivity index (χ2n) is 5.02. The number of carboxylic acid groups (broad SMARTS) is 1. The molecule has 1 atom stereocenters. The van der Waals surface area contributed by atoms with Gasteiger partial charge in [-0.15, -0.1) is 0 Å². The lowest BCUT2D eigenvalue weighted by atomic mass is 9.92. The summed E-state index contributed by atoms with van der Waals surface area (Å²) in [5, 5.41) is 9.23. The number of aliphatic carboxylic acids is 1. The molecule has 0 bridgehead atoms. The molecule has 0 spiro atoms. The van der Waals surface area contributed by atoms with Crippen LogP contribution in [0.3, 0.4) is 0 Å². The summed E-state index contributed by atoms with van der Waals surface area (Å²) in [7, 11) is 0. The summed E-state index contributed by atoms with van der Waals surface area (Å²) in [5.74, 6) is -0.938. The van der Waals surface area contributed by atoms with Gasteiger partial charge in [0.15, 0.2) is 0 Å². The molecule has 1 aromatic rings. The highest BCUT2D eigenvalue weighted by atomic mass is 16.4. The number of carboxylic acids is 1. The molecule has 98 valence electrons. The van der Waals surface area contributed by atoms with Crippen LogP contribution in [0.1, 0.15) is 31.7 Å². The molecule has 1 aliphatic heterocycles. The first-order valence-electron chi connectivity index (χ1n) is 6.78. The monoisotopic (exact) mass is 247 g/mol. The van der Waals surface area contributed by atoms with Gasteiger partial charge in [-0.2, -0.15) is 0 Å². The highest BCUT2D eigenvalue weighted by Crippen LogP contribution is 2.29. The maximum atomic E-state index is 11.2. The number of nitrogens with zero attached hydrogens (tertiary/aromatic N) is 1. The number of anilines is 1. The predicted molar refractivity (Wildman–Crippen MR) is 73.0 cm³/mol.